The van der Waals surface area contributed by atoms with Crippen LogP contribution >= 0.6 is 0 Å². The number of ether oxygens (including phenoxy) is 1. The van der Waals surface area contributed by atoms with Crippen molar-refractivity contribution < 1.29 is 9.13 Å². The molecule has 0 aliphatic heterocycles. The van der Waals surface area contributed by atoms with Crippen molar-refractivity contribution >= 4 is 0 Å². The molecule has 1 rings (SSSR count). The fraction of sp³-hybridized carbons (Fsp3) is 0.400. The summed E-state index contributed by atoms with van der Waals surface area (Å²) in [6.45, 7) is 4.25. The zero-order valence-electron chi connectivity index (χ0n) is 7.88. The zero-order chi connectivity index (χ0) is 9.84. The van der Waals surface area contributed by atoms with Crippen LogP contribution in [0, 0.1) is 5.82 Å². The normalized spacial score (nSPS) is 12.6. The Bertz CT molecular complexity index is 286. The molecule has 72 valence electrons. The number of benzene rings is 1. The van der Waals surface area contributed by atoms with Crippen LogP contribution in [0.15, 0.2) is 18.2 Å². The predicted molar refractivity (Wildman–Crippen MR) is 50.2 cm³/mol. The average Bonchev–Trinajstić information content (AvgIpc) is 2.08. The Morgan fingerprint density at radius 2 is 2.23 bits per heavy atom. The summed E-state index contributed by atoms with van der Waals surface area (Å²) in [5, 5.41) is 0. The number of nitrogens with two attached hydrogens (primary N) is 1. The summed E-state index contributed by atoms with van der Waals surface area (Å²) in [4.78, 5) is 0. The first-order valence-corrected chi connectivity index (χ1v) is 4.33. The average molecular weight is 183 g/mol. The van der Waals surface area contributed by atoms with Gasteiger partial charge in [0.2, 0.25) is 0 Å². The molecular weight excluding hydrogens is 169 g/mol. The van der Waals surface area contributed by atoms with Gasteiger partial charge in [0.25, 0.3) is 0 Å². The monoisotopic (exact) mass is 183 g/mol. The lowest BCUT2D eigenvalue weighted by Gasteiger charge is -2.12. The van der Waals surface area contributed by atoms with Crippen LogP contribution in [0.25, 0.3) is 0 Å². The largest absolute Gasteiger partial charge is 0.494 e. The van der Waals surface area contributed by atoms with Crippen molar-refractivity contribution in [2.75, 3.05) is 6.61 Å². The highest BCUT2D eigenvalue weighted by molar-refractivity contribution is 5.35. The van der Waals surface area contributed by atoms with Gasteiger partial charge in [-0.05, 0) is 32.0 Å². The van der Waals surface area contributed by atoms with Gasteiger partial charge in [-0.3, -0.25) is 0 Å². The highest BCUT2D eigenvalue weighted by Crippen LogP contribution is 2.24. The van der Waals surface area contributed by atoms with Crippen molar-refractivity contribution in [3.63, 3.8) is 0 Å². The van der Waals surface area contributed by atoms with Crippen LogP contribution < -0.4 is 10.5 Å². The van der Waals surface area contributed by atoms with Crippen molar-refractivity contribution in [2.24, 2.45) is 5.73 Å². The molecule has 1 aromatic rings. The molecule has 0 saturated heterocycles. The highest BCUT2D eigenvalue weighted by Gasteiger charge is 2.08. The minimum atomic E-state index is -0.282. The number of halogens is 1. The van der Waals surface area contributed by atoms with E-state index in [9.17, 15) is 4.39 Å². The van der Waals surface area contributed by atoms with Crippen LogP contribution in [0.3, 0.4) is 0 Å². The SMILES string of the molecule is CCOc1ccc(F)cc1C(C)N. The molecule has 3 heteroatoms. The third kappa shape index (κ3) is 2.42. The Morgan fingerprint density at radius 1 is 1.54 bits per heavy atom. The van der Waals surface area contributed by atoms with Crippen molar-refractivity contribution in [1.29, 1.82) is 0 Å². The van der Waals surface area contributed by atoms with E-state index in [-0.39, 0.29) is 11.9 Å². The first kappa shape index (κ1) is 9.99. The summed E-state index contributed by atoms with van der Waals surface area (Å²) >= 11 is 0. The maximum atomic E-state index is 12.8. The second-order valence-electron chi connectivity index (χ2n) is 2.90. The Morgan fingerprint density at radius 3 is 2.77 bits per heavy atom. The quantitative estimate of drug-likeness (QED) is 0.780. The first-order chi connectivity index (χ1) is 6.15. The molecule has 1 aromatic carbocycles. The smallest absolute Gasteiger partial charge is 0.124 e. The maximum Gasteiger partial charge on any atom is 0.124 e. The summed E-state index contributed by atoms with van der Waals surface area (Å²) < 4.78 is 18.1. The van der Waals surface area contributed by atoms with E-state index < -0.39 is 0 Å². The van der Waals surface area contributed by atoms with Gasteiger partial charge in [0.15, 0.2) is 0 Å². The van der Waals surface area contributed by atoms with E-state index in [2.05, 4.69) is 0 Å². The van der Waals surface area contributed by atoms with Crippen molar-refractivity contribution in [2.45, 2.75) is 19.9 Å². The second kappa shape index (κ2) is 4.23. The van der Waals surface area contributed by atoms with E-state index in [1.165, 1.54) is 12.1 Å². The van der Waals surface area contributed by atoms with Gasteiger partial charge in [-0.1, -0.05) is 0 Å². The lowest BCUT2D eigenvalue weighted by molar-refractivity contribution is 0.334. The molecule has 0 heterocycles. The Labute approximate surface area is 77.5 Å². The maximum absolute atomic E-state index is 12.8. The van der Waals surface area contributed by atoms with Gasteiger partial charge >= 0.3 is 0 Å². The first-order valence-electron chi connectivity index (χ1n) is 4.33. The van der Waals surface area contributed by atoms with Gasteiger partial charge in [-0.25, -0.2) is 4.39 Å². The molecule has 0 fully saturated rings. The third-order valence-corrected chi connectivity index (χ3v) is 1.76. The topological polar surface area (TPSA) is 35.2 Å². The van der Waals surface area contributed by atoms with E-state index in [1.54, 1.807) is 13.0 Å². The van der Waals surface area contributed by atoms with Gasteiger partial charge in [-0.2, -0.15) is 0 Å². The van der Waals surface area contributed by atoms with Gasteiger partial charge in [0, 0.05) is 11.6 Å². The second-order valence-corrected chi connectivity index (χ2v) is 2.90. The molecule has 0 bridgehead atoms. The fourth-order valence-corrected chi connectivity index (χ4v) is 1.16. The fourth-order valence-electron chi connectivity index (χ4n) is 1.16. The molecule has 0 amide bonds. The minimum absolute atomic E-state index is 0.211. The summed E-state index contributed by atoms with van der Waals surface area (Å²) in [7, 11) is 0. The highest BCUT2D eigenvalue weighted by atomic mass is 19.1. The van der Waals surface area contributed by atoms with E-state index >= 15 is 0 Å². The zero-order valence-corrected chi connectivity index (χ0v) is 7.88. The minimum Gasteiger partial charge on any atom is -0.494 e. The van der Waals surface area contributed by atoms with E-state index in [1.807, 2.05) is 6.92 Å². The lowest BCUT2D eigenvalue weighted by Crippen LogP contribution is -2.08. The Balaban J connectivity index is 3.03. The van der Waals surface area contributed by atoms with E-state index in [0.29, 0.717) is 17.9 Å². The van der Waals surface area contributed by atoms with Crippen LogP contribution in [-0.4, -0.2) is 6.61 Å². The van der Waals surface area contributed by atoms with Gasteiger partial charge < -0.3 is 10.5 Å². The predicted octanol–water partition coefficient (Wildman–Crippen LogP) is 2.24. The van der Waals surface area contributed by atoms with Gasteiger partial charge in [-0.15, -0.1) is 0 Å². The summed E-state index contributed by atoms with van der Waals surface area (Å²) in [5.74, 6) is 0.384. The van der Waals surface area contributed by atoms with Crippen LogP contribution in [0.2, 0.25) is 0 Å². The molecule has 1 unspecified atom stereocenters. The van der Waals surface area contributed by atoms with Crippen LogP contribution in [-0.2, 0) is 0 Å². The molecular formula is C10H14FNO. The van der Waals surface area contributed by atoms with Crippen molar-refractivity contribution in [1.82, 2.24) is 0 Å². The molecule has 0 aliphatic carbocycles. The number of hydrogen-bond acceptors (Lipinski definition) is 2. The molecule has 2 nitrogen and oxygen atoms in total. The van der Waals surface area contributed by atoms with Crippen molar-refractivity contribution in [3.8, 4) is 5.75 Å². The van der Waals surface area contributed by atoms with Crippen LogP contribution in [0.5, 0.6) is 5.75 Å². The van der Waals surface area contributed by atoms with Crippen LogP contribution in [0.4, 0.5) is 4.39 Å². The molecule has 0 aromatic heterocycles. The summed E-state index contributed by atoms with van der Waals surface area (Å²) in [5.41, 5.74) is 6.38. The molecule has 0 aliphatic rings. The molecule has 2 N–H and O–H groups in total. The Kier molecular flexibility index (Phi) is 3.25. The van der Waals surface area contributed by atoms with Crippen LogP contribution in [0.1, 0.15) is 25.5 Å². The number of rotatable bonds is 3. The third-order valence-electron chi connectivity index (χ3n) is 1.76. The van der Waals surface area contributed by atoms with E-state index in [4.69, 9.17) is 10.5 Å². The number of hydrogen-bond donors (Lipinski definition) is 1. The summed E-state index contributed by atoms with van der Waals surface area (Å²) in [6, 6.07) is 4.18. The Hall–Kier alpha value is -1.09. The van der Waals surface area contributed by atoms with Gasteiger partial charge in [0.1, 0.15) is 11.6 Å². The van der Waals surface area contributed by atoms with Gasteiger partial charge in [0.05, 0.1) is 6.61 Å². The summed E-state index contributed by atoms with van der Waals surface area (Å²) in [6.07, 6.45) is 0. The van der Waals surface area contributed by atoms with E-state index in [0.717, 1.165) is 0 Å². The molecule has 1 atom stereocenters. The molecule has 0 spiro atoms. The lowest BCUT2D eigenvalue weighted by atomic mass is 10.1. The molecule has 13 heavy (non-hydrogen) atoms. The molecule has 0 saturated carbocycles. The molecule has 0 radical (unpaired) electrons. The standard InChI is InChI=1S/C10H14FNO/c1-3-13-10-5-4-8(11)6-9(10)7(2)12/h4-7H,3,12H2,1-2H3. The van der Waals surface area contributed by atoms with Crippen molar-refractivity contribution in [3.05, 3.63) is 29.6 Å².